The van der Waals surface area contributed by atoms with Gasteiger partial charge < -0.3 is 4.74 Å². The van der Waals surface area contributed by atoms with Crippen LogP contribution in [-0.4, -0.2) is 24.0 Å². The molecule has 0 saturated carbocycles. The second-order valence-electron chi connectivity index (χ2n) is 5.22. The third-order valence-corrected chi connectivity index (χ3v) is 3.51. The second kappa shape index (κ2) is 5.20. The first-order chi connectivity index (χ1) is 11.2. The largest absolute Gasteiger partial charge is 0.457 e. The predicted molar refractivity (Wildman–Crippen MR) is 83.5 cm³/mol. The molecule has 0 N–H and O–H groups in total. The van der Waals surface area contributed by atoms with E-state index >= 15 is 0 Å². The monoisotopic (exact) mass is 307 g/mol. The van der Waals surface area contributed by atoms with Crippen molar-refractivity contribution in [2.24, 2.45) is 0 Å². The van der Waals surface area contributed by atoms with Gasteiger partial charge in [-0.05, 0) is 36.8 Å². The highest BCUT2D eigenvalue weighted by Crippen LogP contribution is 2.11. The molecule has 4 heterocycles. The molecule has 23 heavy (non-hydrogen) atoms. The molecule has 0 bridgehead atoms. The zero-order valence-corrected chi connectivity index (χ0v) is 12.4. The number of rotatable bonds is 3. The summed E-state index contributed by atoms with van der Waals surface area (Å²) in [4.78, 5) is 16.6. The second-order valence-corrected chi connectivity index (χ2v) is 5.22. The summed E-state index contributed by atoms with van der Waals surface area (Å²) in [5, 5.41) is 8.00. The van der Waals surface area contributed by atoms with E-state index in [1.807, 2.05) is 43.5 Å². The molecule has 0 aliphatic heterocycles. The first-order valence-electron chi connectivity index (χ1n) is 7.12. The highest BCUT2D eigenvalue weighted by molar-refractivity contribution is 5.41. The lowest BCUT2D eigenvalue weighted by molar-refractivity contribution is 0.273. The third kappa shape index (κ3) is 2.42. The van der Waals surface area contributed by atoms with Crippen molar-refractivity contribution in [3.05, 3.63) is 70.4 Å². The van der Waals surface area contributed by atoms with E-state index in [-0.39, 0.29) is 12.2 Å². The van der Waals surface area contributed by atoms with Gasteiger partial charge in [-0.15, -0.1) is 5.10 Å². The average molecular weight is 307 g/mol. The van der Waals surface area contributed by atoms with Gasteiger partial charge in [0.25, 0.3) is 5.56 Å². The minimum absolute atomic E-state index is 0.139. The van der Waals surface area contributed by atoms with Gasteiger partial charge in [-0.1, -0.05) is 11.2 Å². The van der Waals surface area contributed by atoms with Gasteiger partial charge in [0, 0.05) is 18.5 Å². The molecule has 0 saturated heterocycles. The summed E-state index contributed by atoms with van der Waals surface area (Å²) in [5.41, 5.74) is 2.75. The molecule has 0 atom stereocenters. The molecule has 0 spiro atoms. The maximum Gasteiger partial charge on any atom is 0.321 e. The van der Waals surface area contributed by atoms with E-state index in [4.69, 9.17) is 4.74 Å². The molecule has 0 unspecified atom stereocenters. The van der Waals surface area contributed by atoms with Crippen LogP contribution in [0.4, 0.5) is 0 Å². The number of nitrogens with zero attached hydrogens (tertiary/aromatic N) is 5. The molecule has 4 aromatic rings. The van der Waals surface area contributed by atoms with Crippen molar-refractivity contribution in [2.75, 3.05) is 0 Å². The molecular weight excluding hydrogens is 294 g/mol. The molecule has 0 aromatic carbocycles. The van der Waals surface area contributed by atoms with Gasteiger partial charge in [0.1, 0.15) is 12.3 Å². The molecule has 0 aliphatic rings. The van der Waals surface area contributed by atoms with Crippen LogP contribution in [-0.2, 0) is 6.61 Å². The molecular formula is C16H13N5O2. The van der Waals surface area contributed by atoms with Crippen molar-refractivity contribution in [1.82, 2.24) is 24.0 Å². The number of aromatic nitrogens is 5. The Morgan fingerprint density at radius 2 is 1.96 bits per heavy atom. The van der Waals surface area contributed by atoms with Crippen molar-refractivity contribution in [1.29, 1.82) is 0 Å². The van der Waals surface area contributed by atoms with Crippen molar-refractivity contribution in [2.45, 2.75) is 13.5 Å². The van der Waals surface area contributed by atoms with Crippen molar-refractivity contribution >= 4 is 11.3 Å². The molecule has 0 aliphatic carbocycles. The van der Waals surface area contributed by atoms with Crippen molar-refractivity contribution in [3.8, 4) is 6.01 Å². The fraction of sp³-hybridized carbons (Fsp3) is 0.125. The summed E-state index contributed by atoms with van der Waals surface area (Å²) in [6.07, 6.45) is 3.54. The Morgan fingerprint density at radius 1 is 1.04 bits per heavy atom. The summed E-state index contributed by atoms with van der Waals surface area (Å²) in [6.45, 7) is 2.10. The van der Waals surface area contributed by atoms with E-state index in [9.17, 15) is 4.79 Å². The summed E-state index contributed by atoms with van der Waals surface area (Å²) in [6, 6.07) is 11.1. The minimum Gasteiger partial charge on any atom is -0.457 e. The van der Waals surface area contributed by atoms with E-state index < -0.39 is 0 Å². The van der Waals surface area contributed by atoms with Crippen LogP contribution in [0.25, 0.3) is 11.3 Å². The van der Waals surface area contributed by atoms with Crippen LogP contribution in [0.1, 0.15) is 11.3 Å². The van der Waals surface area contributed by atoms with Gasteiger partial charge in [-0.2, -0.15) is 0 Å². The molecule has 114 valence electrons. The van der Waals surface area contributed by atoms with E-state index in [0.29, 0.717) is 23.0 Å². The fourth-order valence-electron chi connectivity index (χ4n) is 2.38. The highest BCUT2D eigenvalue weighted by atomic mass is 16.5. The third-order valence-electron chi connectivity index (χ3n) is 3.51. The van der Waals surface area contributed by atoms with Gasteiger partial charge in [-0.3, -0.25) is 13.6 Å². The van der Waals surface area contributed by atoms with Crippen molar-refractivity contribution in [3.63, 3.8) is 0 Å². The fourth-order valence-corrected chi connectivity index (χ4v) is 2.38. The number of aryl methyl sites for hydroxylation is 1. The van der Waals surface area contributed by atoms with Gasteiger partial charge in [-0.25, -0.2) is 4.98 Å². The van der Waals surface area contributed by atoms with E-state index in [0.717, 1.165) is 5.56 Å². The van der Waals surface area contributed by atoms with Crippen LogP contribution >= 0.6 is 0 Å². The van der Waals surface area contributed by atoms with Gasteiger partial charge >= 0.3 is 6.01 Å². The lowest BCUT2D eigenvalue weighted by atomic mass is 10.3. The smallest absolute Gasteiger partial charge is 0.321 e. The van der Waals surface area contributed by atoms with Gasteiger partial charge in [0.2, 0.25) is 0 Å². The summed E-state index contributed by atoms with van der Waals surface area (Å²) in [5.74, 6) is 0. The maximum atomic E-state index is 12.1. The Morgan fingerprint density at radius 3 is 2.87 bits per heavy atom. The summed E-state index contributed by atoms with van der Waals surface area (Å²) < 4.78 is 8.90. The topological polar surface area (TPSA) is 73.8 Å². The standard InChI is InChI=1S/C16H13N5O2/c1-11-5-7-20-14(8-11)17-12(9-15(20)22)10-23-16-19-18-13-4-2-3-6-21(13)16/h2-9H,10H2,1H3. The maximum absolute atomic E-state index is 12.1. The van der Waals surface area contributed by atoms with E-state index in [1.165, 1.54) is 10.5 Å². The highest BCUT2D eigenvalue weighted by Gasteiger charge is 2.08. The van der Waals surface area contributed by atoms with Crippen LogP contribution < -0.4 is 10.3 Å². The molecule has 0 fully saturated rings. The normalized spacial score (nSPS) is 11.2. The quantitative estimate of drug-likeness (QED) is 0.575. The Bertz CT molecular complexity index is 1070. The molecule has 0 radical (unpaired) electrons. The van der Waals surface area contributed by atoms with E-state index in [1.54, 1.807) is 10.6 Å². The lowest BCUT2D eigenvalue weighted by Crippen LogP contribution is -2.16. The number of pyridine rings is 2. The Hall–Kier alpha value is -3.22. The van der Waals surface area contributed by atoms with Crippen LogP contribution in [0.5, 0.6) is 6.01 Å². The number of ether oxygens (including phenoxy) is 1. The minimum atomic E-state index is -0.139. The SMILES string of the molecule is Cc1ccn2c(=O)cc(COc3nnc4ccccn34)nc2c1. The van der Waals surface area contributed by atoms with Crippen LogP contribution in [0.15, 0.2) is 53.6 Å². The lowest BCUT2D eigenvalue weighted by Gasteiger charge is -2.06. The zero-order valence-electron chi connectivity index (χ0n) is 12.4. The van der Waals surface area contributed by atoms with Gasteiger partial charge in [0.15, 0.2) is 5.65 Å². The Kier molecular flexibility index (Phi) is 3.04. The van der Waals surface area contributed by atoms with Crippen LogP contribution in [0, 0.1) is 6.92 Å². The molecule has 7 nitrogen and oxygen atoms in total. The first kappa shape index (κ1) is 13.4. The van der Waals surface area contributed by atoms with Crippen LogP contribution in [0.3, 0.4) is 0 Å². The number of fused-ring (bicyclic) bond motifs is 2. The van der Waals surface area contributed by atoms with E-state index in [2.05, 4.69) is 15.2 Å². The zero-order chi connectivity index (χ0) is 15.8. The summed E-state index contributed by atoms with van der Waals surface area (Å²) in [7, 11) is 0. The first-order valence-corrected chi connectivity index (χ1v) is 7.12. The summed E-state index contributed by atoms with van der Waals surface area (Å²) >= 11 is 0. The molecule has 7 heteroatoms. The Labute approximate surface area is 130 Å². The van der Waals surface area contributed by atoms with Crippen LogP contribution in [0.2, 0.25) is 0 Å². The molecule has 4 aromatic heterocycles. The van der Waals surface area contributed by atoms with Gasteiger partial charge in [0.05, 0.1) is 5.69 Å². The molecule has 4 rings (SSSR count). The number of hydrogen-bond donors (Lipinski definition) is 0. The Balaban J connectivity index is 1.66. The predicted octanol–water partition coefficient (Wildman–Crippen LogP) is 1.62. The molecule has 0 amide bonds. The van der Waals surface area contributed by atoms with Crippen molar-refractivity contribution < 1.29 is 4.74 Å². The number of hydrogen-bond acceptors (Lipinski definition) is 5. The average Bonchev–Trinajstić information content (AvgIpc) is 2.96.